The predicted molar refractivity (Wildman–Crippen MR) is 123 cm³/mol. The zero-order valence-electron chi connectivity index (χ0n) is 18.0. The Hall–Kier alpha value is -2.22. The molecular weight excluding hydrogens is 430 g/mol. The van der Waals surface area contributed by atoms with E-state index in [0.717, 1.165) is 33.1 Å². The normalized spacial score (nSPS) is 21.2. The van der Waals surface area contributed by atoms with Crippen molar-refractivity contribution in [1.29, 1.82) is 0 Å². The van der Waals surface area contributed by atoms with E-state index in [9.17, 15) is 9.59 Å². The van der Waals surface area contributed by atoms with Crippen LogP contribution in [0.4, 0.5) is 0 Å². The van der Waals surface area contributed by atoms with Crippen molar-refractivity contribution in [3.05, 3.63) is 66.8 Å². The van der Waals surface area contributed by atoms with Crippen LogP contribution in [-0.2, 0) is 19.1 Å². The van der Waals surface area contributed by atoms with Crippen LogP contribution in [0.2, 0.25) is 0 Å². The molecule has 4 rings (SSSR count). The molecule has 0 bridgehead atoms. The second-order valence-corrected chi connectivity index (χ2v) is 10.1. The molecule has 0 spiro atoms. The molecule has 1 aliphatic carbocycles. The Balaban J connectivity index is 1.69. The van der Waals surface area contributed by atoms with E-state index in [1.807, 2.05) is 39.0 Å². The van der Waals surface area contributed by atoms with Crippen LogP contribution >= 0.6 is 22.7 Å². The summed E-state index contributed by atoms with van der Waals surface area (Å²) in [6, 6.07) is 8.19. The monoisotopic (exact) mass is 457 g/mol. The molecule has 7 heteroatoms. The Labute approximate surface area is 190 Å². The Morgan fingerprint density at radius 1 is 1.16 bits per heavy atom. The summed E-state index contributed by atoms with van der Waals surface area (Å²) in [4.78, 5) is 29.9. The summed E-state index contributed by atoms with van der Waals surface area (Å²) in [5.41, 5.74) is 2.95. The van der Waals surface area contributed by atoms with E-state index in [0.29, 0.717) is 25.2 Å². The molecule has 0 radical (unpaired) electrons. The van der Waals surface area contributed by atoms with E-state index in [1.54, 1.807) is 22.7 Å². The van der Waals surface area contributed by atoms with Gasteiger partial charge in [-0.3, -0.25) is 4.79 Å². The lowest BCUT2D eigenvalue weighted by atomic mass is 9.74. The second kappa shape index (κ2) is 9.51. The SMILES string of the molecule is CCOCCOC(=O)C1=C(C)NC2=C(C(=O)C[C@@H](c3cccs3)C2)[C@H]1c1ccc(C)s1. The van der Waals surface area contributed by atoms with Crippen molar-refractivity contribution in [2.45, 2.75) is 45.4 Å². The van der Waals surface area contributed by atoms with Crippen molar-refractivity contribution in [2.24, 2.45) is 0 Å². The number of allylic oxidation sites excluding steroid dienone is 3. The number of Topliss-reactive ketones (excluding diaryl/α,β-unsaturated/α-hetero) is 1. The first-order valence-electron chi connectivity index (χ1n) is 10.6. The number of carbonyl (C=O) groups excluding carboxylic acids is 2. The smallest absolute Gasteiger partial charge is 0.336 e. The van der Waals surface area contributed by atoms with Crippen molar-refractivity contribution in [1.82, 2.24) is 5.32 Å². The van der Waals surface area contributed by atoms with Crippen LogP contribution in [0.5, 0.6) is 0 Å². The average molecular weight is 458 g/mol. The minimum atomic E-state index is -0.388. The minimum Gasteiger partial charge on any atom is -0.460 e. The summed E-state index contributed by atoms with van der Waals surface area (Å²) in [5, 5.41) is 5.45. The molecule has 3 heterocycles. The maximum atomic E-state index is 13.4. The molecule has 2 aromatic rings. The first-order valence-corrected chi connectivity index (χ1v) is 12.3. The molecule has 164 valence electrons. The topological polar surface area (TPSA) is 64.6 Å². The van der Waals surface area contributed by atoms with Gasteiger partial charge in [0.15, 0.2) is 5.78 Å². The molecule has 0 saturated heterocycles. The Kier molecular flexibility index (Phi) is 6.74. The number of esters is 1. The lowest BCUT2D eigenvalue weighted by Crippen LogP contribution is -2.36. The van der Waals surface area contributed by atoms with E-state index in [4.69, 9.17) is 9.47 Å². The number of thiophene rings is 2. The number of hydrogen-bond donors (Lipinski definition) is 1. The van der Waals surface area contributed by atoms with Gasteiger partial charge in [-0.1, -0.05) is 6.07 Å². The summed E-state index contributed by atoms with van der Waals surface area (Å²) in [6.07, 6.45) is 1.24. The van der Waals surface area contributed by atoms with Gasteiger partial charge in [0.1, 0.15) is 6.61 Å². The number of dihydropyridines is 1. The van der Waals surface area contributed by atoms with Gasteiger partial charge in [-0.25, -0.2) is 4.79 Å². The predicted octanol–water partition coefficient (Wildman–Crippen LogP) is 5.06. The van der Waals surface area contributed by atoms with E-state index < -0.39 is 0 Å². The molecule has 0 saturated carbocycles. The zero-order chi connectivity index (χ0) is 22.0. The van der Waals surface area contributed by atoms with Crippen molar-refractivity contribution < 1.29 is 19.1 Å². The molecule has 0 aromatic carbocycles. The highest BCUT2D eigenvalue weighted by Gasteiger charge is 2.42. The van der Waals surface area contributed by atoms with E-state index in [1.165, 1.54) is 4.88 Å². The quantitative estimate of drug-likeness (QED) is 0.465. The first-order chi connectivity index (χ1) is 15.0. The maximum absolute atomic E-state index is 13.4. The zero-order valence-corrected chi connectivity index (χ0v) is 19.7. The summed E-state index contributed by atoms with van der Waals surface area (Å²) in [5.74, 6) is -0.487. The third-order valence-corrected chi connectivity index (χ3v) is 7.80. The van der Waals surface area contributed by atoms with Crippen LogP contribution in [0.15, 0.2) is 52.2 Å². The fraction of sp³-hybridized carbons (Fsp3) is 0.417. The summed E-state index contributed by atoms with van der Waals surface area (Å²) < 4.78 is 10.8. The molecule has 2 atom stereocenters. The third-order valence-electron chi connectivity index (χ3n) is 5.70. The Morgan fingerprint density at radius 3 is 2.68 bits per heavy atom. The first kappa shape index (κ1) is 22.0. The van der Waals surface area contributed by atoms with Crippen LogP contribution in [0.3, 0.4) is 0 Å². The lowest BCUT2D eigenvalue weighted by molar-refractivity contribution is -0.140. The maximum Gasteiger partial charge on any atom is 0.336 e. The third kappa shape index (κ3) is 4.54. The van der Waals surface area contributed by atoms with Crippen LogP contribution in [0.1, 0.15) is 53.2 Å². The van der Waals surface area contributed by atoms with Gasteiger partial charge in [0, 0.05) is 50.5 Å². The number of carbonyl (C=O) groups is 2. The molecule has 5 nitrogen and oxygen atoms in total. The molecule has 31 heavy (non-hydrogen) atoms. The van der Waals surface area contributed by atoms with Crippen molar-refractivity contribution in [3.63, 3.8) is 0 Å². The molecule has 1 aliphatic heterocycles. The van der Waals surface area contributed by atoms with Gasteiger partial charge >= 0.3 is 5.97 Å². The summed E-state index contributed by atoms with van der Waals surface area (Å²) in [6.45, 7) is 6.97. The molecule has 1 N–H and O–H groups in total. The Bertz CT molecular complexity index is 1030. The van der Waals surface area contributed by atoms with E-state index in [-0.39, 0.29) is 30.2 Å². The number of ketones is 1. The van der Waals surface area contributed by atoms with Crippen molar-refractivity contribution in [3.8, 4) is 0 Å². The molecule has 0 unspecified atom stereocenters. The lowest BCUT2D eigenvalue weighted by Gasteiger charge is -2.35. The van der Waals surface area contributed by atoms with Gasteiger partial charge in [0.25, 0.3) is 0 Å². The number of rotatable bonds is 7. The number of hydrogen-bond acceptors (Lipinski definition) is 7. The molecule has 0 amide bonds. The highest BCUT2D eigenvalue weighted by atomic mass is 32.1. The second-order valence-electron chi connectivity index (χ2n) is 7.81. The van der Waals surface area contributed by atoms with Crippen LogP contribution in [0.25, 0.3) is 0 Å². The fourth-order valence-corrected chi connectivity index (χ4v) is 6.17. The molecule has 2 aromatic heterocycles. The standard InChI is InChI=1S/C24H27NO4S2/c1-4-28-9-10-29-24(27)21-15(3)25-17-12-16(19-6-5-11-30-19)13-18(26)22(17)23(21)20-8-7-14(2)31-20/h5-8,11,16,23,25H,4,9-10,12-13H2,1-3H3/t16-,23-/m0/s1. The van der Waals surface area contributed by atoms with Crippen LogP contribution in [0, 0.1) is 6.92 Å². The molecular formula is C24H27NO4S2. The number of nitrogens with one attached hydrogen (secondary N) is 1. The van der Waals surface area contributed by atoms with Crippen molar-refractivity contribution >= 4 is 34.4 Å². The van der Waals surface area contributed by atoms with Gasteiger partial charge in [0.05, 0.1) is 18.1 Å². The Morgan fingerprint density at radius 2 is 2.00 bits per heavy atom. The van der Waals surface area contributed by atoms with Gasteiger partial charge in [-0.05, 0) is 50.8 Å². The minimum absolute atomic E-state index is 0.107. The van der Waals surface area contributed by atoms with Crippen LogP contribution < -0.4 is 5.32 Å². The fourth-order valence-electron chi connectivity index (χ4n) is 4.34. The van der Waals surface area contributed by atoms with E-state index >= 15 is 0 Å². The highest BCUT2D eigenvalue weighted by Crippen LogP contribution is 2.47. The molecule has 0 fully saturated rings. The largest absolute Gasteiger partial charge is 0.460 e. The van der Waals surface area contributed by atoms with Crippen molar-refractivity contribution in [2.75, 3.05) is 19.8 Å². The summed E-state index contributed by atoms with van der Waals surface area (Å²) in [7, 11) is 0. The summed E-state index contributed by atoms with van der Waals surface area (Å²) >= 11 is 3.32. The van der Waals surface area contributed by atoms with Gasteiger partial charge in [-0.2, -0.15) is 0 Å². The van der Waals surface area contributed by atoms with Gasteiger partial charge in [-0.15, -0.1) is 22.7 Å². The molecule has 2 aliphatic rings. The van der Waals surface area contributed by atoms with Gasteiger partial charge < -0.3 is 14.8 Å². The number of aryl methyl sites for hydroxylation is 1. The average Bonchev–Trinajstić information content (AvgIpc) is 3.42. The number of ether oxygens (including phenoxy) is 2. The van der Waals surface area contributed by atoms with Gasteiger partial charge in [0.2, 0.25) is 0 Å². The van der Waals surface area contributed by atoms with Crippen LogP contribution in [-0.4, -0.2) is 31.6 Å². The highest BCUT2D eigenvalue weighted by molar-refractivity contribution is 7.12. The van der Waals surface area contributed by atoms with E-state index in [2.05, 4.69) is 16.8 Å².